The van der Waals surface area contributed by atoms with Gasteiger partial charge in [0.2, 0.25) is 0 Å². The summed E-state index contributed by atoms with van der Waals surface area (Å²) >= 11 is -2.88. The van der Waals surface area contributed by atoms with E-state index in [0.717, 1.165) is 46.2 Å². The van der Waals surface area contributed by atoms with Gasteiger partial charge in [-0.25, -0.2) is 9.20 Å². The Hall–Kier alpha value is -2.78. The summed E-state index contributed by atoms with van der Waals surface area (Å²) in [5.41, 5.74) is 9.19. The molecule has 0 bridgehead atoms. The monoisotopic (exact) mass is 412 g/mol. The molecule has 1 aliphatic heterocycles. The number of hydrogen-bond acceptors (Lipinski definition) is 7. The maximum absolute atomic E-state index is 8.83. The first-order valence-electron chi connectivity index (χ1n) is 9.07. The Morgan fingerprint density at radius 3 is 2.38 bits per heavy atom. The van der Waals surface area contributed by atoms with Crippen molar-refractivity contribution in [2.24, 2.45) is 4.99 Å². The van der Waals surface area contributed by atoms with Crippen LogP contribution in [0.25, 0.3) is 16.3 Å². The Balaban J connectivity index is 0.000000431. The average molecular weight is 412 g/mol. The lowest BCUT2D eigenvalue weighted by molar-refractivity contribution is -0.635. The van der Waals surface area contributed by atoms with Gasteiger partial charge in [0.05, 0.1) is 11.4 Å². The second-order valence-electron chi connectivity index (χ2n) is 6.34. The van der Waals surface area contributed by atoms with E-state index < -0.39 is 11.4 Å². The number of benzene rings is 3. The molecule has 0 saturated carbocycles. The van der Waals surface area contributed by atoms with Gasteiger partial charge < -0.3 is 24.6 Å². The quantitative estimate of drug-likeness (QED) is 0.239. The molecule has 1 atom stereocenters. The van der Waals surface area contributed by atoms with Crippen molar-refractivity contribution in [1.29, 1.82) is 0 Å². The maximum Gasteiger partial charge on any atom is 0.155 e. The van der Waals surface area contributed by atoms with Crippen LogP contribution in [-0.2, 0) is 15.7 Å². The molecule has 0 amide bonds. The molecule has 29 heavy (non-hydrogen) atoms. The van der Waals surface area contributed by atoms with E-state index in [-0.39, 0.29) is 0 Å². The van der Waals surface area contributed by atoms with E-state index in [1.165, 1.54) is 10.8 Å². The van der Waals surface area contributed by atoms with Crippen molar-refractivity contribution in [3.63, 3.8) is 0 Å². The number of rotatable bonds is 3. The second-order valence-corrected chi connectivity index (χ2v) is 6.88. The first-order chi connectivity index (χ1) is 14.0. The van der Waals surface area contributed by atoms with Gasteiger partial charge in [-0.15, -0.1) is 0 Å². The molecule has 0 radical (unpaired) electrons. The van der Waals surface area contributed by atoms with Gasteiger partial charge in [0.15, 0.2) is 11.5 Å². The van der Waals surface area contributed by atoms with E-state index in [4.69, 9.17) is 29.5 Å². The minimum absolute atomic E-state index is 0.716. The minimum atomic E-state index is -2.88. The van der Waals surface area contributed by atoms with Gasteiger partial charge in [-0.3, -0.25) is 0 Å². The van der Waals surface area contributed by atoms with Gasteiger partial charge >= 0.3 is 0 Å². The third kappa shape index (κ3) is 4.46. The molecule has 0 saturated heterocycles. The van der Waals surface area contributed by atoms with Gasteiger partial charge in [-0.05, 0) is 30.2 Å². The molecule has 2 N–H and O–H groups in total. The summed E-state index contributed by atoms with van der Waals surface area (Å²) in [5, 5.41) is 12.6. The highest BCUT2D eigenvalue weighted by molar-refractivity contribution is 7.73. The van der Waals surface area contributed by atoms with Crippen molar-refractivity contribution in [3.05, 3.63) is 59.1 Å². The molecular weight excluding hydrogens is 392 g/mol. The molecule has 3 aromatic rings. The number of hydrogen-bond donors (Lipinski definition) is 1. The molecule has 1 unspecified atom stereocenters. The SMILES string of the molecule is CCC(CC)=c1ccc2c(c1)Oc1cc(N)c3ccccc3c1N=2.O=S([O-])O[O-]. The predicted molar refractivity (Wildman–Crippen MR) is 109 cm³/mol. The molecule has 1 aliphatic rings. The number of fused-ring (bicyclic) bond motifs is 4. The van der Waals surface area contributed by atoms with E-state index in [0.29, 0.717) is 5.69 Å². The Labute approximate surface area is 170 Å². The van der Waals surface area contributed by atoms with Crippen LogP contribution in [0.2, 0.25) is 0 Å². The summed E-state index contributed by atoms with van der Waals surface area (Å²) in [6.45, 7) is 4.37. The van der Waals surface area contributed by atoms with Gasteiger partial charge in [-0.1, -0.05) is 49.8 Å². The summed E-state index contributed by atoms with van der Waals surface area (Å²) in [6.07, 6.45) is 2.08. The molecule has 152 valence electrons. The van der Waals surface area contributed by atoms with Crippen LogP contribution in [0.15, 0.2) is 53.5 Å². The number of ether oxygens (including phenoxy) is 1. The molecular formula is C21H20N2O5S-2. The van der Waals surface area contributed by atoms with Crippen LogP contribution in [0.1, 0.15) is 26.7 Å². The Bertz CT molecular complexity index is 1190. The largest absolute Gasteiger partial charge is 0.750 e. The van der Waals surface area contributed by atoms with Crippen LogP contribution in [-0.4, -0.2) is 8.76 Å². The summed E-state index contributed by atoms with van der Waals surface area (Å²) in [4.78, 5) is 4.84. The Morgan fingerprint density at radius 2 is 1.76 bits per heavy atom. The minimum Gasteiger partial charge on any atom is -0.750 e. The smallest absolute Gasteiger partial charge is 0.155 e. The first kappa shape index (κ1) is 20.9. The third-order valence-corrected chi connectivity index (χ3v) is 4.85. The molecule has 4 rings (SSSR count). The van der Waals surface area contributed by atoms with Gasteiger partial charge in [0, 0.05) is 22.5 Å². The van der Waals surface area contributed by atoms with E-state index >= 15 is 0 Å². The highest BCUT2D eigenvalue weighted by Crippen LogP contribution is 2.42. The van der Waals surface area contributed by atoms with Crippen molar-refractivity contribution in [1.82, 2.24) is 0 Å². The lowest BCUT2D eigenvalue weighted by atomic mass is 10.0. The molecule has 8 heteroatoms. The Kier molecular flexibility index (Phi) is 6.60. The van der Waals surface area contributed by atoms with Crippen molar-refractivity contribution in [2.75, 3.05) is 5.73 Å². The zero-order chi connectivity index (χ0) is 21.0. The zero-order valence-electron chi connectivity index (χ0n) is 16.0. The normalized spacial score (nSPS) is 12.6. The fourth-order valence-electron chi connectivity index (χ4n) is 3.36. The van der Waals surface area contributed by atoms with Gasteiger partial charge in [0.25, 0.3) is 0 Å². The average Bonchev–Trinajstić information content (AvgIpc) is 2.74. The van der Waals surface area contributed by atoms with Crippen molar-refractivity contribution in [3.8, 4) is 11.5 Å². The van der Waals surface area contributed by atoms with Crippen LogP contribution >= 0.6 is 0 Å². The summed E-state index contributed by atoms with van der Waals surface area (Å²) in [6, 6.07) is 16.2. The van der Waals surface area contributed by atoms with Gasteiger partial charge in [-0.2, -0.15) is 0 Å². The highest BCUT2D eigenvalue weighted by atomic mass is 32.2. The van der Waals surface area contributed by atoms with Crippen molar-refractivity contribution < 1.29 is 23.1 Å². The summed E-state index contributed by atoms with van der Waals surface area (Å²) < 4.78 is 26.2. The summed E-state index contributed by atoms with van der Waals surface area (Å²) in [5.74, 6) is 1.53. The molecule has 0 aromatic heterocycles. The van der Waals surface area contributed by atoms with E-state index in [1.807, 2.05) is 36.4 Å². The highest BCUT2D eigenvalue weighted by Gasteiger charge is 2.17. The predicted octanol–water partition coefficient (Wildman–Crippen LogP) is 2.52. The lowest BCUT2D eigenvalue weighted by Crippen LogP contribution is -2.16. The standard InChI is InChI=1S/C21H20N2O.H2O4S/c1-3-13(4-2)14-9-10-18-19(11-14)24-20-12-17(22)15-7-5-6-8-16(15)21(20)23-18;1-4-5(2)3/h5-12H,3-4,22H2,1-2H3;1H,(H,2,3)/p-2. The zero-order valence-corrected chi connectivity index (χ0v) is 16.8. The van der Waals surface area contributed by atoms with E-state index in [1.54, 1.807) is 0 Å². The topological polar surface area (TPSA) is 120 Å². The number of anilines is 1. The van der Waals surface area contributed by atoms with Crippen LogP contribution in [0.5, 0.6) is 11.5 Å². The van der Waals surface area contributed by atoms with E-state index in [2.05, 4.69) is 30.3 Å². The third-order valence-electron chi connectivity index (χ3n) is 4.74. The number of nitrogens with zero attached hydrogens (tertiary/aromatic N) is 1. The van der Waals surface area contributed by atoms with Crippen molar-refractivity contribution in [2.45, 2.75) is 26.7 Å². The molecule has 7 nitrogen and oxygen atoms in total. The molecule has 1 heterocycles. The fraction of sp³-hybridized carbons (Fsp3) is 0.190. The van der Waals surface area contributed by atoms with Crippen LogP contribution in [0.3, 0.4) is 0 Å². The second kappa shape index (κ2) is 9.15. The maximum atomic E-state index is 8.83. The van der Waals surface area contributed by atoms with Crippen molar-refractivity contribution >= 4 is 39.1 Å². The molecule has 0 aliphatic carbocycles. The molecule has 0 fully saturated rings. The van der Waals surface area contributed by atoms with Crippen LogP contribution < -0.4 is 26.3 Å². The number of nitrogen functional groups attached to an aromatic ring is 1. The van der Waals surface area contributed by atoms with E-state index in [9.17, 15) is 0 Å². The summed E-state index contributed by atoms with van der Waals surface area (Å²) in [7, 11) is 0. The fourth-order valence-corrected chi connectivity index (χ4v) is 3.36. The van der Waals surface area contributed by atoms with Crippen LogP contribution in [0, 0.1) is 0 Å². The number of nitrogens with two attached hydrogens (primary N) is 1. The lowest BCUT2D eigenvalue weighted by Gasteiger charge is -2.17. The van der Waals surface area contributed by atoms with Gasteiger partial charge in [0.1, 0.15) is 11.0 Å². The Morgan fingerprint density at radius 1 is 1.10 bits per heavy atom. The first-order valence-corrected chi connectivity index (χ1v) is 10.1. The molecule has 0 spiro atoms. The molecule has 3 aromatic carbocycles. The van der Waals surface area contributed by atoms with Crippen LogP contribution in [0.4, 0.5) is 11.4 Å².